The van der Waals surface area contributed by atoms with Crippen LogP contribution >= 0.6 is 0 Å². The van der Waals surface area contributed by atoms with Crippen LogP contribution in [0.4, 0.5) is 11.6 Å². The van der Waals surface area contributed by atoms with Gasteiger partial charge in [-0.25, -0.2) is 19.7 Å². The van der Waals surface area contributed by atoms with Gasteiger partial charge in [-0.15, -0.1) is 0 Å². The van der Waals surface area contributed by atoms with Crippen LogP contribution in [0.15, 0.2) is 6.20 Å². The van der Waals surface area contributed by atoms with Crippen LogP contribution in [0.25, 0.3) is 0 Å². The van der Waals surface area contributed by atoms with Crippen LogP contribution in [0, 0.1) is 10.1 Å². The fourth-order valence-electron chi connectivity index (χ4n) is 1.79. The van der Waals surface area contributed by atoms with Gasteiger partial charge in [-0.3, -0.25) is 9.69 Å². The van der Waals surface area contributed by atoms with Crippen LogP contribution in [0.1, 0.15) is 33.9 Å². The van der Waals surface area contributed by atoms with Crippen LogP contribution in [0.2, 0.25) is 0 Å². The second-order valence-corrected chi connectivity index (χ2v) is 4.28. The lowest BCUT2D eigenvalue weighted by Gasteiger charge is -2.13. The molecule has 11 heteroatoms. The minimum atomic E-state index is -1.25. The van der Waals surface area contributed by atoms with Crippen molar-refractivity contribution in [2.24, 2.45) is 0 Å². The van der Waals surface area contributed by atoms with Gasteiger partial charge >= 0.3 is 17.7 Å². The molecule has 1 amide bonds. The fourth-order valence-corrected chi connectivity index (χ4v) is 1.79. The average Bonchev–Trinajstić information content (AvgIpc) is 3.12. The van der Waals surface area contributed by atoms with Crippen molar-refractivity contribution in [3.05, 3.63) is 33.7 Å². The number of carbonyl (C=O) groups is 2. The maximum absolute atomic E-state index is 12.2. The number of imidazole rings is 2. The Kier molecular flexibility index (Phi) is 3.88. The molecule has 0 aliphatic carbocycles. The Morgan fingerprint density at radius 3 is 2.59 bits per heavy atom. The Morgan fingerprint density at radius 2 is 2.09 bits per heavy atom. The summed E-state index contributed by atoms with van der Waals surface area (Å²) in [5.74, 6) is -2.75. The van der Waals surface area contributed by atoms with Gasteiger partial charge in [0.1, 0.15) is 6.20 Å². The summed E-state index contributed by atoms with van der Waals surface area (Å²) in [5.41, 5.74) is 0.453. The van der Waals surface area contributed by atoms with Gasteiger partial charge in [0.25, 0.3) is 5.82 Å². The molecular weight excluding hydrogens is 296 g/mol. The third-order valence-corrected chi connectivity index (χ3v) is 2.90. The normalized spacial score (nSPS) is 10.5. The second-order valence-electron chi connectivity index (χ2n) is 4.28. The Morgan fingerprint density at radius 1 is 1.41 bits per heavy atom. The van der Waals surface area contributed by atoms with Crippen molar-refractivity contribution >= 4 is 23.5 Å². The van der Waals surface area contributed by atoms with Crippen LogP contribution in [0.3, 0.4) is 0 Å². The predicted molar refractivity (Wildman–Crippen MR) is 72.9 cm³/mol. The van der Waals surface area contributed by atoms with Gasteiger partial charge < -0.3 is 20.2 Å². The number of rotatable bonds is 5. The zero-order valence-corrected chi connectivity index (χ0v) is 11.7. The lowest BCUT2D eigenvalue weighted by Crippen LogP contribution is -2.28. The molecule has 0 unspecified atom stereocenters. The molecule has 0 saturated heterocycles. The molecular formula is C11H12N6O5. The van der Waals surface area contributed by atoms with Crippen molar-refractivity contribution in [1.82, 2.24) is 19.9 Å². The van der Waals surface area contributed by atoms with Crippen LogP contribution in [0.5, 0.6) is 0 Å². The Hall–Kier alpha value is -3.24. The molecule has 0 aliphatic rings. The number of nitro groups is 1. The monoisotopic (exact) mass is 308 g/mol. The molecule has 0 aliphatic heterocycles. The SMILES string of the molecule is CCc1[nH]c(C(=O)O)nc1N(C)C(=O)c1ncc([N+](=O)[O-])[nH]1. The van der Waals surface area contributed by atoms with Gasteiger partial charge in [0, 0.05) is 7.05 Å². The van der Waals surface area contributed by atoms with E-state index >= 15 is 0 Å². The molecule has 2 aromatic rings. The Labute approximate surface area is 123 Å². The van der Waals surface area contributed by atoms with E-state index in [1.54, 1.807) is 6.92 Å². The highest BCUT2D eigenvalue weighted by Gasteiger charge is 2.26. The van der Waals surface area contributed by atoms with Crippen molar-refractivity contribution in [3.63, 3.8) is 0 Å². The summed E-state index contributed by atoms with van der Waals surface area (Å²) < 4.78 is 0. The third kappa shape index (κ3) is 2.63. The highest BCUT2D eigenvalue weighted by atomic mass is 16.6. The number of aromatic carboxylic acids is 1. The van der Waals surface area contributed by atoms with Gasteiger partial charge in [-0.1, -0.05) is 6.92 Å². The van der Waals surface area contributed by atoms with Crippen LogP contribution in [-0.2, 0) is 6.42 Å². The quantitative estimate of drug-likeness (QED) is 0.538. The van der Waals surface area contributed by atoms with E-state index in [4.69, 9.17) is 5.11 Å². The molecule has 0 radical (unpaired) electrons. The standard InChI is InChI=1S/C11H12N6O5/c1-3-5-9(15-8(13-5)11(19)20)16(2)10(18)7-12-4-6(14-7)17(21)22/h4H,3H2,1-2H3,(H,12,14)(H,13,15)(H,19,20). The summed E-state index contributed by atoms with van der Waals surface area (Å²) in [6, 6.07) is 0. The Bertz CT molecular complexity index is 748. The number of nitrogens with zero attached hydrogens (tertiary/aromatic N) is 4. The van der Waals surface area contributed by atoms with Crippen molar-refractivity contribution in [1.29, 1.82) is 0 Å². The summed E-state index contributed by atoms with van der Waals surface area (Å²) in [7, 11) is 1.37. The number of aromatic nitrogens is 4. The number of carboxylic acids is 1. The summed E-state index contributed by atoms with van der Waals surface area (Å²) in [5, 5.41) is 19.5. The zero-order chi connectivity index (χ0) is 16.4. The average molecular weight is 308 g/mol. The maximum atomic E-state index is 12.2. The molecule has 2 aromatic heterocycles. The number of nitrogens with one attached hydrogen (secondary N) is 2. The molecule has 116 valence electrons. The molecule has 2 heterocycles. The van der Waals surface area contributed by atoms with E-state index in [9.17, 15) is 19.7 Å². The summed E-state index contributed by atoms with van der Waals surface area (Å²) in [6.45, 7) is 1.76. The van der Waals surface area contributed by atoms with E-state index in [1.807, 2.05) is 0 Å². The van der Waals surface area contributed by atoms with Gasteiger partial charge in [-0.05, 0) is 11.3 Å². The summed E-state index contributed by atoms with van der Waals surface area (Å²) >= 11 is 0. The van der Waals surface area contributed by atoms with Gasteiger partial charge in [0.15, 0.2) is 5.82 Å². The van der Waals surface area contributed by atoms with E-state index in [0.29, 0.717) is 12.1 Å². The van der Waals surface area contributed by atoms with Gasteiger partial charge in [0.05, 0.1) is 5.69 Å². The number of carbonyl (C=O) groups excluding carboxylic acids is 1. The number of amides is 1. The van der Waals surface area contributed by atoms with E-state index in [0.717, 1.165) is 11.1 Å². The molecule has 11 nitrogen and oxygen atoms in total. The van der Waals surface area contributed by atoms with Gasteiger partial charge in [0.2, 0.25) is 5.82 Å². The minimum absolute atomic E-state index is 0.129. The lowest BCUT2D eigenvalue weighted by molar-refractivity contribution is -0.389. The fraction of sp³-hybridized carbons (Fsp3) is 0.273. The summed E-state index contributed by atoms with van der Waals surface area (Å²) in [4.78, 5) is 46.5. The molecule has 2 rings (SSSR count). The number of H-pyrrole nitrogens is 2. The first kappa shape index (κ1) is 15.2. The molecule has 0 aromatic carbocycles. The number of carboxylic acid groups (broad SMARTS) is 1. The molecule has 0 fully saturated rings. The zero-order valence-electron chi connectivity index (χ0n) is 11.7. The first-order valence-electron chi connectivity index (χ1n) is 6.14. The molecule has 0 atom stereocenters. The predicted octanol–water partition coefficient (Wildman–Crippen LogP) is 0.578. The molecule has 0 saturated carbocycles. The number of hydrogen-bond donors (Lipinski definition) is 3. The van der Waals surface area contributed by atoms with Crippen molar-refractivity contribution in [3.8, 4) is 0 Å². The Balaban J connectivity index is 2.33. The third-order valence-electron chi connectivity index (χ3n) is 2.90. The topological polar surface area (TPSA) is 158 Å². The second kappa shape index (κ2) is 5.63. The number of aryl methyl sites for hydroxylation is 1. The van der Waals surface area contributed by atoms with Crippen molar-refractivity contribution in [2.45, 2.75) is 13.3 Å². The number of hydrogen-bond acceptors (Lipinski definition) is 6. The first-order chi connectivity index (χ1) is 10.3. The lowest BCUT2D eigenvalue weighted by atomic mass is 10.3. The molecule has 0 spiro atoms. The van der Waals surface area contributed by atoms with Crippen molar-refractivity contribution < 1.29 is 19.6 Å². The first-order valence-corrected chi connectivity index (χ1v) is 6.14. The summed E-state index contributed by atoms with van der Waals surface area (Å²) in [6.07, 6.45) is 1.35. The van der Waals surface area contributed by atoms with E-state index < -0.39 is 22.6 Å². The van der Waals surface area contributed by atoms with Crippen molar-refractivity contribution in [2.75, 3.05) is 11.9 Å². The molecule has 22 heavy (non-hydrogen) atoms. The maximum Gasteiger partial charge on any atom is 0.371 e. The molecule has 0 bridgehead atoms. The minimum Gasteiger partial charge on any atom is -0.475 e. The number of anilines is 1. The highest BCUT2D eigenvalue weighted by molar-refractivity contribution is 6.03. The largest absolute Gasteiger partial charge is 0.475 e. The smallest absolute Gasteiger partial charge is 0.371 e. The number of aromatic amines is 2. The van der Waals surface area contributed by atoms with Gasteiger partial charge in [-0.2, -0.15) is 0 Å². The van der Waals surface area contributed by atoms with E-state index in [-0.39, 0.29) is 17.5 Å². The van der Waals surface area contributed by atoms with E-state index in [1.165, 1.54) is 7.05 Å². The highest BCUT2D eigenvalue weighted by Crippen LogP contribution is 2.19. The van der Waals surface area contributed by atoms with Crippen LogP contribution < -0.4 is 4.90 Å². The van der Waals surface area contributed by atoms with E-state index in [2.05, 4.69) is 19.9 Å². The van der Waals surface area contributed by atoms with Crippen LogP contribution in [-0.4, -0.2) is 48.9 Å². The molecule has 3 N–H and O–H groups in total.